The van der Waals surface area contributed by atoms with Crippen molar-refractivity contribution in [1.29, 1.82) is 0 Å². The lowest BCUT2D eigenvalue weighted by atomic mass is 9.98. The monoisotopic (exact) mass is 174 g/mol. The molecule has 1 atom stereocenters. The maximum atomic E-state index is 5.96. The van der Waals surface area contributed by atoms with Crippen LogP contribution >= 0.6 is 0 Å². The van der Waals surface area contributed by atoms with Crippen molar-refractivity contribution in [2.75, 3.05) is 21.1 Å². The van der Waals surface area contributed by atoms with Crippen molar-refractivity contribution in [2.45, 2.75) is 31.6 Å². The number of rotatable bonds is 5. The van der Waals surface area contributed by atoms with Gasteiger partial charge in [0.1, 0.15) is 0 Å². The molecule has 0 aliphatic carbocycles. The van der Waals surface area contributed by atoms with Crippen molar-refractivity contribution in [1.82, 2.24) is 16.0 Å². The van der Waals surface area contributed by atoms with E-state index in [2.05, 4.69) is 22.9 Å². The van der Waals surface area contributed by atoms with Gasteiger partial charge in [0.25, 0.3) is 0 Å². The van der Waals surface area contributed by atoms with E-state index in [0.717, 1.165) is 6.42 Å². The summed E-state index contributed by atoms with van der Waals surface area (Å²) in [6, 6.07) is 0. The summed E-state index contributed by atoms with van der Waals surface area (Å²) in [4.78, 5) is 0. The molecule has 0 aromatic heterocycles. The van der Waals surface area contributed by atoms with E-state index in [1.165, 1.54) is 0 Å². The number of nitrogens with two attached hydrogens (primary N) is 1. The van der Waals surface area contributed by atoms with Crippen molar-refractivity contribution in [3.8, 4) is 0 Å². The lowest BCUT2D eigenvalue weighted by Gasteiger charge is -2.36. The third-order valence-electron chi connectivity index (χ3n) is 2.40. The van der Waals surface area contributed by atoms with Gasteiger partial charge in [0.05, 0.1) is 11.3 Å². The minimum Gasteiger partial charge on any atom is -0.313 e. The normalized spacial score (nSPS) is 17.5. The molecule has 5 N–H and O–H groups in total. The van der Waals surface area contributed by atoms with E-state index >= 15 is 0 Å². The molecule has 0 bridgehead atoms. The van der Waals surface area contributed by atoms with Crippen LogP contribution in [0.5, 0.6) is 0 Å². The van der Waals surface area contributed by atoms with Crippen LogP contribution in [-0.2, 0) is 0 Å². The van der Waals surface area contributed by atoms with Crippen LogP contribution in [0.2, 0.25) is 0 Å². The summed E-state index contributed by atoms with van der Waals surface area (Å²) in [5.41, 5.74) is 5.50. The number of hydrogen-bond acceptors (Lipinski definition) is 4. The van der Waals surface area contributed by atoms with Crippen molar-refractivity contribution in [2.24, 2.45) is 5.73 Å². The molecule has 0 heterocycles. The Bertz CT molecular complexity index is 129. The molecule has 74 valence electrons. The summed E-state index contributed by atoms with van der Waals surface area (Å²) in [5.74, 6) is 0. The third-order valence-corrected chi connectivity index (χ3v) is 2.40. The molecule has 0 amide bonds. The first kappa shape index (κ1) is 11.8. The van der Waals surface area contributed by atoms with Gasteiger partial charge in [0.2, 0.25) is 0 Å². The average Bonchev–Trinajstić information content (AvgIpc) is 2.04. The molecule has 0 aromatic rings. The molecule has 0 aliphatic rings. The predicted octanol–water partition coefficient (Wildman–Crippen LogP) is -0.574. The largest absolute Gasteiger partial charge is 0.313 e. The number of hydrogen-bond donors (Lipinski definition) is 4. The van der Waals surface area contributed by atoms with Crippen LogP contribution in [-0.4, -0.2) is 32.5 Å². The van der Waals surface area contributed by atoms with Gasteiger partial charge < -0.3 is 21.7 Å². The molecule has 0 saturated carbocycles. The molecule has 0 rings (SSSR count). The van der Waals surface area contributed by atoms with Gasteiger partial charge in [-0.05, 0) is 35.0 Å². The first-order valence-corrected chi connectivity index (χ1v) is 4.25. The Labute approximate surface area is 75.3 Å². The van der Waals surface area contributed by atoms with Gasteiger partial charge in [-0.3, -0.25) is 0 Å². The van der Waals surface area contributed by atoms with E-state index in [-0.39, 0.29) is 11.3 Å². The fourth-order valence-electron chi connectivity index (χ4n) is 1.12. The molecule has 0 radical (unpaired) electrons. The van der Waals surface area contributed by atoms with Gasteiger partial charge in [-0.15, -0.1) is 0 Å². The summed E-state index contributed by atoms with van der Waals surface area (Å²) < 4.78 is 0. The summed E-state index contributed by atoms with van der Waals surface area (Å²) in [7, 11) is 5.70. The first-order chi connectivity index (χ1) is 5.39. The molecule has 4 nitrogen and oxygen atoms in total. The molecule has 0 saturated heterocycles. The van der Waals surface area contributed by atoms with Crippen LogP contribution in [0.3, 0.4) is 0 Å². The van der Waals surface area contributed by atoms with E-state index < -0.39 is 0 Å². The molecule has 0 aliphatic heterocycles. The molecule has 0 fully saturated rings. The summed E-state index contributed by atoms with van der Waals surface area (Å²) in [5, 5.41) is 9.44. The maximum Gasteiger partial charge on any atom is 0.0683 e. The third kappa shape index (κ3) is 3.49. The van der Waals surface area contributed by atoms with Crippen LogP contribution in [0.4, 0.5) is 0 Å². The lowest BCUT2D eigenvalue weighted by molar-refractivity contribution is 0.215. The molecule has 4 heteroatoms. The standard InChI is InChI=1S/C8H22N4/c1-7(9,10-3)6-8(2,11-4)12-5/h10-12H,6,9H2,1-5H3. The number of nitrogens with one attached hydrogen (secondary N) is 3. The quantitative estimate of drug-likeness (QED) is 0.421. The molecule has 0 aromatic carbocycles. The highest BCUT2D eigenvalue weighted by Gasteiger charge is 2.28. The van der Waals surface area contributed by atoms with Gasteiger partial charge in [0.15, 0.2) is 0 Å². The zero-order chi connectivity index (χ0) is 9.83. The van der Waals surface area contributed by atoms with E-state index in [0.29, 0.717) is 0 Å². The van der Waals surface area contributed by atoms with Crippen molar-refractivity contribution in [3.63, 3.8) is 0 Å². The molecular weight excluding hydrogens is 152 g/mol. The van der Waals surface area contributed by atoms with Crippen LogP contribution in [0, 0.1) is 0 Å². The van der Waals surface area contributed by atoms with Crippen molar-refractivity contribution < 1.29 is 0 Å². The molecule has 1 unspecified atom stereocenters. The van der Waals surface area contributed by atoms with Crippen molar-refractivity contribution >= 4 is 0 Å². The van der Waals surface area contributed by atoms with Crippen LogP contribution in [0.1, 0.15) is 20.3 Å². The van der Waals surface area contributed by atoms with Gasteiger partial charge >= 0.3 is 0 Å². The van der Waals surface area contributed by atoms with E-state index in [1.807, 2.05) is 28.1 Å². The highest BCUT2D eigenvalue weighted by atomic mass is 15.2. The second-order valence-electron chi connectivity index (χ2n) is 3.68. The molecule has 0 spiro atoms. The van der Waals surface area contributed by atoms with Crippen LogP contribution < -0.4 is 21.7 Å². The predicted molar refractivity (Wildman–Crippen MR) is 52.8 cm³/mol. The Morgan fingerprint density at radius 3 is 1.67 bits per heavy atom. The molecular formula is C8H22N4. The molecule has 12 heavy (non-hydrogen) atoms. The highest BCUT2D eigenvalue weighted by molar-refractivity contribution is 4.87. The van der Waals surface area contributed by atoms with E-state index in [4.69, 9.17) is 5.73 Å². The van der Waals surface area contributed by atoms with Crippen LogP contribution in [0.25, 0.3) is 0 Å². The Morgan fingerprint density at radius 1 is 1.00 bits per heavy atom. The first-order valence-electron chi connectivity index (χ1n) is 4.25. The highest BCUT2D eigenvalue weighted by Crippen LogP contribution is 2.12. The van der Waals surface area contributed by atoms with Gasteiger partial charge in [0, 0.05) is 6.42 Å². The summed E-state index contributed by atoms with van der Waals surface area (Å²) in [6.45, 7) is 4.05. The van der Waals surface area contributed by atoms with E-state index in [9.17, 15) is 0 Å². The van der Waals surface area contributed by atoms with Crippen LogP contribution in [0.15, 0.2) is 0 Å². The topological polar surface area (TPSA) is 62.1 Å². The maximum absolute atomic E-state index is 5.96. The van der Waals surface area contributed by atoms with Gasteiger partial charge in [-0.1, -0.05) is 0 Å². The zero-order valence-corrected chi connectivity index (χ0v) is 8.78. The Morgan fingerprint density at radius 2 is 1.42 bits per heavy atom. The fourth-order valence-corrected chi connectivity index (χ4v) is 1.12. The minimum absolute atomic E-state index is 0.119. The minimum atomic E-state index is -0.346. The van der Waals surface area contributed by atoms with Gasteiger partial charge in [-0.2, -0.15) is 0 Å². The summed E-state index contributed by atoms with van der Waals surface area (Å²) in [6.07, 6.45) is 0.809. The smallest absolute Gasteiger partial charge is 0.0683 e. The Kier molecular flexibility index (Phi) is 4.13. The lowest BCUT2D eigenvalue weighted by Crippen LogP contribution is -2.61. The van der Waals surface area contributed by atoms with Gasteiger partial charge in [-0.25, -0.2) is 0 Å². The Hall–Kier alpha value is -0.160. The average molecular weight is 174 g/mol. The Balaban J connectivity index is 4.20. The SMILES string of the molecule is CNC(C)(N)CC(C)(NC)NC. The van der Waals surface area contributed by atoms with E-state index in [1.54, 1.807) is 0 Å². The zero-order valence-electron chi connectivity index (χ0n) is 8.78. The second-order valence-corrected chi connectivity index (χ2v) is 3.68. The van der Waals surface area contributed by atoms with Crippen molar-refractivity contribution in [3.05, 3.63) is 0 Å². The summed E-state index contributed by atoms with van der Waals surface area (Å²) >= 11 is 0. The fraction of sp³-hybridized carbons (Fsp3) is 1.00. The second kappa shape index (κ2) is 4.18.